The lowest BCUT2D eigenvalue weighted by atomic mass is 10.2. The molecule has 0 aliphatic carbocycles. The fourth-order valence-electron chi connectivity index (χ4n) is 0.815. The molecule has 1 N–H and O–H groups in total. The highest BCUT2D eigenvalue weighted by atomic mass is 35.5. The van der Waals surface area contributed by atoms with Crippen molar-refractivity contribution < 1.29 is 19.1 Å². The zero-order valence-electron chi connectivity index (χ0n) is 8.21. The molecule has 0 aliphatic heterocycles. The van der Waals surface area contributed by atoms with E-state index in [0.29, 0.717) is 6.42 Å². The first-order valence-corrected chi connectivity index (χ1v) is 4.76. The molecule has 0 aromatic carbocycles. The quantitative estimate of drug-likeness (QED) is 0.556. The number of amides is 1. The zero-order chi connectivity index (χ0) is 11.0. The summed E-state index contributed by atoms with van der Waals surface area (Å²) in [6, 6.07) is -0.739. The fraction of sp³-hybridized carbons (Fsp3) is 0.750. The standard InChI is InChI=1S/C8H14ClNO4/c1-3-14-8(12)10-6(4-5-9)7(11)13-2/h6H,3-5H2,1-2H3,(H,10,12)/t6-/m0/s1. The van der Waals surface area contributed by atoms with Gasteiger partial charge in [0, 0.05) is 5.88 Å². The Bertz CT molecular complexity index is 198. The van der Waals surface area contributed by atoms with Gasteiger partial charge in [0.1, 0.15) is 6.04 Å². The number of hydrogen-bond acceptors (Lipinski definition) is 4. The first kappa shape index (κ1) is 13.0. The van der Waals surface area contributed by atoms with Gasteiger partial charge < -0.3 is 14.8 Å². The summed E-state index contributed by atoms with van der Waals surface area (Å²) in [6.45, 7) is 1.93. The molecule has 0 rings (SSSR count). The Morgan fingerprint density at radius 1 is 1.50 bits per heavy atom. The molecule has 0 aromatic rings. The van der Waals surface area contributed by atoms with Gasteiger partial charge in [0.2, 0.25) is 0 Å². The second-order valence-corrected chi connectivity index (χ2v) is 2.80. The van der Waals surface area contributed by atoms with E-state index in [1.54, 1.807) is 6.92 Å². The molecule has 14 heavy (non-hydrogen) atoms. The van der Waals surface area contributed by atoms with Crippen LogP contribution in [-0.2, 0) is 14.3 Å². The average Bonchev–Trinajstić information content (AvgIpc) is 2.16. The highest BCUT2D eigenvalue weighted by molar-refractivity contribution is 6.18. The van der Waals surface area contributed by atoms with Crippen LogP contribution >= 0.6 is 11.6 Å². The average molecular weight is 224 g/mol. The number of rotatable bonds is 5. The minimum Gasteiger partial charge on any atom is -0.467 e. The molecule has 0 aliphatic rings. The molecule has 0 aromatic heterocycles. The summed E-state index contributed by atoms with van der Waals surface area (Å²) in [5.41, 5.74) is 0. The third-order valence-electron chi connectivity index (χ3n) is 1.45. The smallest absolute Gasteiger partial charge is 0.407 e. The van der Waals surface area contributed by atoms with Crippen LogP contribution in [0.15, 0.2) is 0 Å². The maximum absolute atomic E-state index is 11.1. The zero-order valence-corrected chi connectivity index (χ0v) is 8.97. The maximum atomic E-state index is 11.1. The fourth-order valence-corrected chi connectivity index (χ4v) is 1.03. The monoisotopic (exact) mass is 223 g/mol. The van der Waals surface area contributed by atoms with Gasteiger partial charge in [0.15, 0.2) is 0 Å². The van der Waals surface area contributed by atoms with Crippen LogP contribution in [0.4, 0.5) is 4.79 Å². The lowest BCUT2D eigenvalue weighted by Crippen LogP contribution is -2.42. The molecule has 0 unspecified atom stereocenters. The van der Waals surface area contributed by atoms with Crippen molar-refractivity contribution in [3.05, 3.63) is 0 Å². The van der Waals surface area contributed by atoms with Crippen molar-refractivity contribution in [1.29, 1.82) is 0 Å². The van der Waals surface area contributed by atoms with Gasteiger partial charge in [-0.25, -0.2) is 9.59 Å². The summed E-state index contributed by atoms with van der Waals surface area (Å²) < 4.78 is 9.09. The van der Waals surface area contributed by atoms with Crippen LogP contribution in [0, 0.1) is 0 Å². The Kier molecular flexibility index (Phi) is 6.92. The van der Waals surface area contributed by atoms with Crippen LogP contribution in [0.5, 0.6) is 0 Å². The summed E-state index contributed by atoms with van der Waals surface area (Å²) in [5, 5.41) is 2.35. The first-order chi connectivity index (χ1) is 6.65. The summed E-state index contributed by atoms with van der Waals surface area (Å²) in [7, 11) is 1.25. The molecule has 1 atom stereocenters. The molecular formula is C8H14ClNO4. The predicted octanol–water partition coefficient (Wildman–Crippen LogP) is 0.903. The van der Waals surface area contributed by atoms with Gasteiger partial charge in [-0.05, 0) is 13.3 Å². The molecule has 0 heterocycles. The minimum absolute atomic E-state index is 0.251. The Balaban J connectivity index is 4.08. The van der Waals surface area contributed by atoms with Crippen LogP contribution in [0.1, 0.15) is 13.3 Å². The Hall–Kier alpha value is -0.970. The van der Waals surface area contributed by atoms with Crippen molar-refractivity contribution in [3.8, 4) is 0 Å². The molecule has 0 fully saturated rings. The highest BCUT2D eigenvalue weighted by Gasteiger charge is 2.20. The van der Waals surface area contributed by atoms with E-state index in [1.165, 1.54) is 7.11 Å². The summed E-state index contributed by atoms with van der Waals surface area (Å²) in [5.74, 6) is -0.273. The second kappa shape index (κ2) is 7.44. The number of methoxy groups -OCH3 is 1. The number of carbonyl (C=O) groups is 2. The third kappa shape index (κ3) is 4.91. The molecule has 0 saturated carbocycles. The van der Waals surface area contributed by atoms with Crippen LogP contribution in [0.25, 0.3) is 0 Å². The molecule has 0 bridgehead atoms. The van der Waals surface area contributed by atoms with Crippen molar-refractivity contribution in [2.45, 2.75) is 19.4 Å². The number of carbonyl (C=O) groups excluding carboxylic acids is 2. The SMILES string of the molecule is CCOC(=O)N[C@@H](CCCl)C(=O)OC. The van der Waals surface area contributed by atoms with Crippen molar-refractivity contribution in [3.63, 3.8) is 0 Å². The van der Waals surface area contributed by atoms with Crippen molar-refractivity contribution in [2.75, 3.05) is 19.6 Å². The van der Waals surface area contributed by atoms with E-state index < -0.39 is 18.1 Å². The Morgan fingerprint density at radius 3 is 2.57 bits per heavy atom. The van der Waals surface area contributed by atoms with Gasteiger partial charge in [-0.1, -0.05) is 0 Å². The lowest BCUT2D eigenvalue weighted by molar-refractivity contribution is -0.143. The van der Waals surface area contributed by atoms with E-state index in [4.69, 9.17) is 11.6 Å². The Morgan fingerprint density at radius 2 is 2.14 bits per heavy atom. The predicted molar refractivity (Wildman–Crippen MR) is 51.3 cm³/mol. The van der Waals surface area contributed by atoms with Crippen LogP contribution in [0.2, 0.25) is 0 Å². The largest absolute Gasteiger partial charge is 0.467 e. The number of ether oxygens (including phenoxy) is 2. The lowest BCUT2D eigenvalue weighted by Gasteiger charge is -2.14. The molecule has 0 radical (unpaired) electrons. The number of hydrogen-bond donors (Lipinski definition) is 1. The second-order valence-electron chi connectivity index (χ2n) is 2.42. The van der Waals surface area contributed by atoms with Crippen molar-refractivity contribution in [1.82, 2.24) is 5.32 Å². The molecule has 0 spiro atoms. The number of nitrogens with one attached hydrogen (secondary N) is 1. The summed E-state index contributed by atoms with van der Waals surface area (Å²) >= 11 is 5.46. The number of alkyl halides is 1. The number of alkyl carbamates (subject to hydrolysis) is 1. The summed E-state index contributed by atoms with van der Waals surface area (Å²) in [4.78, 5) is 22.1. The molecule has 5 nitrogen and oxygen atoms in total. The van der Waals surface area contributed by atoms with Gasteiger partial charge in [-0.3, -0.25) is 0 Å². The van der Waals surface area contributed by atoms with E-state index in [0.717, 1.165) is 0 Å². The van der Waals surface area contributed by atoms with Gasteiger partial charge >= 0.3 is 12.1 Å². The van der Waals surface area contributed by atoms with Gasteiger partial charge in [0.25, 0.3) is 0 Å². The van der Waals surface area contributed by atoms with E-state index in [2.05, 4.69) is 14.8 Å². The highest BCUT2D eigenvalue weighted by Crippen LogP contribution is 1.98. The molecule has 1 amide bonds. The van der Waals surface area contributed by atoms with Crippen LogP contribution < -0.4 is 5.32 Å². The van der Waals surface area contributed by atoms with Crippen LogP contribution in [-0.4, -0.2) is 37.7 Å². The number of esters is 1. The molecule has 6 heteroatoms. The van der Waals surface area contributed by atoms with Gasteiger partial charge in [-0.15, -0.1) is 11.6 Å². The van der Waals surface area contributed by atoms with Gasteiger partial charge in [0.05, 0.1) is 13.7 Å². The van der Waals surface area contributed by atoms with E-state index in [-0.39, 0.29) is 12.5 Å². The minimum atomic E-state index is -0.739. The van der Waals surface area contributed by atoms with Crippen molar-refractivity contribution in [2.24, 2.45) is 0 Å². The van der Waals surface area contributed by atoms with Crippen LogP contribution in [0.3, 0.4) is 0 Å². The molecule has 0 saturated heterocycles. The van der Waals surface area contributed by atoms with Crippen molar-refractivity contribution >= 4 is 23.7 Å². The topological polar surface area (TPSA) is 64.6 Å². The molecule has 82 valence electrons. The Labute approximate surface area is 87.7 Å². The molecular weight excluding hydrogens is 210 g/mol. The van der Waals surface area contributed by atoms with E-state index >= 15 is 0 Å². The summed E-state index contributed by atoms with van der Waals surface area (Å²) in [6.07, 6.45) is -0.333. The van der Waals surface area contributed by atoms with E-state index in [1.807, 2.05) is 0 Å². The third-order valence-corrected chi connectivity index (χ3v) is 1.67. The normalized spacial score (nSPS) is 11.6. The first-order valence-electron chi connectivity index (χ1n) is 4.22. The van der Waals surface area contributed by atoms with E-state index in [9.17, 15) is 9.59 Å². The van der Waals surface area contributed by atoms with Gasteiger partial charge in [-0.2, -0.15) is 0 Å². The maximum Gasteiger partial charge on any atom is 0.407 e. The number of halogens is 1.